The number of ether oxygens (including phenoxy) is 2. The molecule has 0 saturated carbocycles. The molecule has 162 valence electrons. The van der Waals surface area contributed by atoms with Crippen LogP contribution in [0, 0.1) is 0 Å². The smallest absolute Gasteiger partial charge is 0.259 e. The number of amides is 1. The highest BCUT2D eigenvalue weighted by Gasteiger charge is 2.15. The number of carbonyl (C=O) groups excluding carboxylic acids is 1. The molecule has 0 spiro atoms. The maximum Gasteiger partial charge on any atom is 0.259 e. The van der Waals surface area contributed by atoms with E-state index in [-0.39, 0.29) is 17.3 Å². The third-order valence-corrected chi connectivity index (χ3v) is 5.83. The molecule has 1 amide bonds. The summed E-state index contributed by atoms with van der Waals surface area (Å²) in [5, 5.41) is 2.76. The Labute approximate surface area is 182 Å². The van der Waals surface area contributed by atoms with Crippen LogP contribution in [0.15, 0.2) is 83.8 Å². The average molecular weight is 441 g/mol. The summed E-state index contributed by atoms with van der Waals surface area (Å²) in [5.74, 6) is 0.0900. The van der Waals surface area contributed by atoms with Crippen LogP contribution in [0.2, 0.25) is 0 Å². The Morgan fingerprint density at radius 1 is 0.871 bits per heavy atom. The zero-order chi connectivity index (χ0) is 22.1. The van der Waals surface area contributed by atoms with Crippen molar-refractivity contribution in [3.8, 4) is 5.75 Å². The van der Waals surface area contributed by atoms with Crippen LogP contribution in [0.5, 0.6) is 5.75 Å². The van der Waals surface area contributed by atoms with E-state index < -0.39 is 10.0 Å². The molecule has 2 N–H and O–H groups in total. The molecule has 0 aliphatic rings. The molecule has 0 aliphatic carbocycles. The van der Waals surface area contributed by atoms with Crippen LogP contribution in [-0.2, 0) is 21.3 Å². The number of hydrogen-bond acceptors (Lipinski definition) is 5. The highest BCUT2D eigenvalue weighted by atomic mass is 32.2. The molecule has 31 heavy (non-hydrogen) atoms. The Morgan fingerprint density at radius 2 is 1.55 bits per heavy atom. The van der Waals surface area contributed by atoms with Crippen molar-refractivity contribution in [3.63, 3.8) is 0 Å². The predicted octanol–water partition coefficient (Wildman–Crippen LogP) is 3.44. The molecular weight excluding hydrogens is 416 g/mol. The maximum absolute atomic E-state index is 12.7. The SMILES string of the molecule is COCCOc1ccccc1C(=O)Nc1ccc(S(=O)(=O)NCc2ccccc2)cc1. The van der Waals surface area contributed by atoms with Crippen molar-refractivity contribution in [2.24, 2.45) is 0 Å². The number of methoxy groups -OCH3 is 1. The molecule has 0 aromatic heterocycles. The van der Waals surface area contributed by atoms with Gasteiger partial charge < -0.3 is 14.8 Å². The van der Waals surface area contributed by atoms with E-state index in [2.05, 4.69) is 10.0 Å². The van der Waals surface area contributed by atoms with E-state index in [1.54, 1.807) is 43.5 Å². The lowest BCUT2D eigenvalue weighted by atomic mass is 10.2. The first-order chi connectivity index (χ1) is 15.0. The topological polar surface area (TPSA) is 93.7 Å². The molecule has 3 aromatic rings. The number of hydrogen-bond donors (Lipinski definition) is 2. The van der Waals surface area contributed by atoms with E-state index >= 15 is 0 Å². The van der Waals surface area contributed by atoms with Gasteiger partial charge in [0.1, 0.15) is 12.4 Å². The van der Waals surface area contributed by atoms with Gasteiger partial charge >= 0.3 is 0 Å². The summed E-state index contributed by atoms with van der Waals surface area (Å²) >= 11 is 0. The number of para-hydroxylation sites is 1. The first-order valence-electron chi connectivity index (χ1n) is 9.65. The number of carbonyl (C=O) groups is 1. The quantitative estimate of drug-likeness (QED) is 0.471. The molecule has 0 aliphatic heterocycles. The van der Waals surface area contributed by atoms with Gasteiger partial charge in [-0.05, 0) is 42.0 Å². The third-order valence-electron chi connectivity index (χ3n) is 4.41. The van der Waals surface area contributed by atoms with Crippen molar-refractivity contribution in [2.45, 2.75) is 11.4 Å². The Hall–Kier alpha value is -3.20. The van der Waals surface area contributed by atoms with Gasteiger partial charge in [0.25, 0.3) is 5.91 Å². The second-order valence-electron chi connectivity index (χ2n) is 6.63. The van der Waals surface area contributed by atoms with E-state index in [4.69, 9.17) is 9.47 Å². The average Bonchev–Trinajstić information content (AvgIpc) is 2.79. The van der Waals surface area contributed by atoms with Gasteiger partial charge in [-0.2, -0.15) is 0 Å². The normalized spacial score (nSPS) is 11.1. The Balaban J connectivity index is 1.64. The van der Waals surface area contributed by atoms with E-state index in [0.29, 0.717) is 30.2 Å². The van der Waals surface area contributed by atoms with Crippen molar-refractivity contribution in [2.75, 3.05) is 25.6 Å². The molecule has 7 nitrogen and oxygen atoms in total. The summed E-state index contributed by atoms with van der Waals surface area (Å²) in [6, 6.07) is 22.1. The number of nitrogens with one attached hydrogen (secondary N) is 2. The van der Waals surface area contributed by atoms with Crippen molar-refractivity contribution < 1.29 is 22.7 Å². The lowest BCUT2D eigenvalue weighted by Crippen LogP contribution is -2.23. The number of rotatable bonds is 10. The number of sulfonamides is 1. The first-order valence-corrected chi connectivity index (χ1v) is 11.1. The van der Waals surface area contributed by atoms with E-state index in [1.807, 2.05) is 30.3 Å². The van der Waals surface area contributed by atoms with Crippen LogP contribution in [-0.4, -0.2) is 34.6 Å². The minimum absolute atomic E-state index is 0.115. The minimum Gasteiger partial charge on any atom is -0.490 e. The summed E-state index contributed by atoms with van der Waals surface area (Å²) < 4.78 is 38.1. The molecule has 8 heteroatoms. The predicted molar refractivity (Wildman–Crippen MR) is 119 cm³/mol. The molecule has 0 atom stereocenters. The van der Waals surface area contributed by atoms with Gasteiger partial charge in [0.05, 0.1) is 17.1 Å². The molecule has 0 bridgehead atoms. The van der Waals surface area contributed by atoms with Crippen molar-refractivity contribution in [3.05, 3.63) is 90.0 Å². The van der Waals surface area contributed by atoms with Gasteiger partial charge in [-0.15, -0.1) is 0 Å². The highest BCUT2D eigenvalue weighted by molar-refractivity contribution is 7.89. The fourth-order valence-electron chi connectivity index (χ4n) is 2.79. The summed E-state index contributed by atoms with van der Waals surface area (Å²) in [6.45, 7) is 0.926. The Kier molecular flexibility index (Phi) is 7.77. The van der Waals surface area contributed by atoms with Gasteiger partial charge in [0.2, 0.25) is 10.0 Å². The Morgan fingerprint density at radius 3 is 2.26 bits per heavy atom. The van der Waals surface area contributed by atoms with Crippen LogP contribution < -0.4 is 14.8 Å². The van der Waals surface area contributed by atoms with Crippen LogP contribution in [0.25, 0.3) is 0 Å². The molecular formula is C23H24N2O5S. The van der Waals surface area contributed by atoms with Crippen molar-refractivity contribution in [1.82, 2.24) is 4.72 Å². The van der Waals surface area contributed by atoms with Gasteiger partial charge in [0, 0.05) is 19.3 Å². The minimum atomic E-state index is -3.67. The second-order valence-corrected chi connectivity index (χ2v) is 8.39. The fraction of sp³-hybridized carbons (Fsp3) is 0.174. The maximum atomic E-state index is 12.7. The van der Waals surface area contributed by atoms with Crippen molar-refractivity contribution in [1.29, 1.82) is 0 Å². The molecule has 0 unspecified atom stereocenters. The standard InChI is InChI=1S/C23H24N2O5S/c1-29-15-16-30-22-10-6-5-9-21(22)23(26)25-19-11-13-20(14-12-19)31(27,28)24-17-18-7-3-2-4-8-18/h2-14,24H,15-17H2,1H3,(H,25,26). The van der Waals surface area contributed by atoms with E-state index in [0.717, 1.165) is 5.56 Å². The number of benzene rings is 3. The molecule has 0 radical (unpaired) electrons. The van der Waals surface area contributed by atoms with E-state index in [9.17, 15) is 13.2 Å². The Bertz CT molecular complexity index is 1100. The monoisotopic (exact) mass is 440 g/mol. The summed E-state index contributed by atoms with van der Waals surface area (Å²) in [6.07, 6.45) is 0. The zero-order valence-corrected chi connectivity index (χ0v) is 17.9. The van der Waals surface area contributed by atoms with E-state index in [1.165, 1.54) is 12.1 Å². The second kappa shape index (κ2) is 10.7. The molecule has 0 heterocycles. The van der Waals surface area contributed by atoms with Gasteiger partial charge in [-0.3, -0.25) is 4.79 Å². The largest absolute Gasteiger partial charge is 0.490 e. The van der Waals surface area contributed by atoms with Crippen LogP contribution in [0.1, 0.15) is 15.9 Å². The van der Waals surface area contributed by atoms with Gasteiger partial charge in [0.15, 0.2) is 0 Å². The lowest BCUT2D eigenvalue weighted by molar-refractivity contribution is 0.101. The molecule has 0 fully saturated rings. The first kappa shape index (κ1) is 22.5. The van der Waals surface area contributed by atoms with Crippen LogP contribution in [0.4, 0.5) is 5.69 Å². The molecule has 0 saturated heterocycles. The zero-order valence-electron chi connectivity index (χ0n) is 17.1. The summed E-state index contributed by atoms with van der Waals surface area (Å²) in [4.78, 5) is 12.8. The highest BCUT2D eigenvalue weighted by Crippen LogP contribution is 2.21. The third kappa shape index (κ3) is 6.39. The van der Waals surface area contributed by atoms with Gasteiger partial charge in [-0.1, -0.05) is 42.5 Å². The van der Waals surface area contributed by atoms with Crippen molar-refractivity contribution >= 4 is 21.6 Å². The fourth-order valence-corrected chi connectivity index (χ4v) is 3.81. The molecule has 3 rings (SSSR count). The summed E-state index contributed by atoms with van der Waals surface area (Å²) in [7, 11) is -2.10. The lowest BCUT2D eigenvalue weighted by Gasteiger charge is -2.12. The number of anilines is 1. The summed E-state index contributed by atoms with van der Waals surface area (Å²) in [5.41, 5.74) is 1.71. The van der Waals surface area contributed by atoms with Crippen LogP contribution >= 0.6 is 0 Å². The molecule has 3 aromatic carbocycles. The van der Waals surface area contributed by atoms with Gasteiger partial charge in [-0.25, -0.2) is 13.1 Å². The van der Waals surface area contributed by atoms with Crippen LogP contribution in [0.3, 0.4) is 0 Å².